The number of rotatable bonds is 4. The number of amides is 1. The third kappa shape index (κ3) is 2.63. The van der Waals surface area contributed by atoms with E-state index in [0.717, 1.165) is 22.5 Å². The molecule has 0 aliphatic heterocycles. The molecule has 1 aromatic carbocycles. The molecule has 0 unspecified atom stereocenters. The quantitative estimate of drug-likeness (QED) is 0.580. The van der Waals surface area contributed by atoms with Gasteiger partial charge >= 0.3 is 5.97 Å². The van der Waals surface area contributed by atoms with E-state index in [-0.39, 0.29) is 5.91 Å². The van der Waals surface area contributed by atoms with E-state index in [0.29, 0.717) is 18.5 Å². The van der Waals surface area contributed by atoms with E-state index in [1.165, 1.54) is 7.11 Å². The fourth-order valence-electron chi connectivity index (χ4n) is 3.11. The highest BCUT2D eigenvalue weighted by Gasteiger charge is 2.57. The summed E-state index contributed by atoms with van der Waals surface area (Å²) in [5.41, 5.74) is 3.50. The number of nitrogens with one attached hydrogen (secondary N) is 1. The summed E-state index contributed by atoms with van der Waals surface area (Å²) in [7, 11) is 1.31. The Bertz CT molecular complexity index is 1000. The van der Waals surface area contributed by atoms with Gasteiger partial charge in [-0.3, -0.25) is 9.59 Å². The Morgan fingerprint density at radius 1 is 1.19 bits per heavy atom. The fourth-order valence-corrected chi connectivity index (χ4v) is 3.11. The minimum absolute atomic E-state index is 0.305. The predicted molar refractivity (Wildman–Crippen MR) is 97.7 cm³/mol. The molecule has 26 heavy (non-hydrogen) atoms. The molecule has 1 aliphatic rings. The number of carbonyl (C=O) groups excluding carboxylic acids is 2. The minimum atomic E-state index is -1.01. The molecule has 3 aromatic rings. The van der Waals surface area contributed by atoms with Gasteiger partial charge < -0.3 is 14.5 Å². The smallest absolute Gasteiger partial charge is 0.321 e. The molecule has 6 nitrogen and oxygen atoms in total. The summed E-state index contributed by atoms with van der Waals surface area (Å²) in [6.45, 7) is 2.03. The SMILES string of the molecule is COC(=O)C1(C(=O)Nc2ccc(-c3cn4cccc(C)c4n3)cc2)CC1. The average molecular weight is 349 g/mol. The second-order valence-electron chi connectivity index (χ2n) is 6.65. The molecule has 0 saturated heterocycles. The number of hydrogen-bond donors (Lipinski definition) is 1. The Balaban J connectivity index is 1.54. The first-order chi connectivity index (χ1) is 12.5. The Kier molecular flexibility index (Phi) is 3.76. The van der Waals surface area contributed by atoms with Gasteiger partial charge in [-0.05, 0) is 43.5 Å². The maximum Gasteiger partial charge on any atom is 0.321 e. The van der Waals surface area contributed by atoms with Crippen LogP contribution in [0.5, 0.6) is 0 Å². The number of fused-ring (bicyclic) bond motifs is 1. The number of ether oxygens (including phenoxy) is 1. The van der Waals surface area contributed by atoms with Crippen LogP contribution in [-0.4, -0.2) is 28.4 Å². The van der Waals surface area contributed by atoms with Crippen molar-refractivity contribution in [2.45, 2.75) is 19.8 Å². The van der Waals surface area contributed by atoms with Crippen molar-refractivity contribution < 1.29 is 14.3 Å². The zero-order chi connectivity index (χ0) is 18.3. The number of methoxy groups -OCH3 is 1. The maximum absolute atomic E-state index is 12.4. The highest BCUT2D eigenvalue weighted by Crippen LogP contribution is 2.47. The molecular weight excluding hydrogens is 330 g/mol. The number of aromatic nitrogens is 2. The number of anilines is 1. The van der Waals surface area contributed by atoms with Gasteiger partial charge in [-0.2, -0.15) is 0 Å². The van der Waals surface area contributed by atoms with E-state index >= 15 is 0 Å². The van der Waals surface area contributed by atoms with Gasteiger partial charge in [0.05, 0.1) is 12.8 Å². The van der Waals surface area contributed by atoms with Crippen molar-refractivity contribution in [3.05, 3.63) is 54.4 Å². The molecule has 2 heterocycles. The molecular formula is C20H19N3O3. The molecule has 132 valence electrons. The molecule has 0 atom stereocenters. The lowest BCUT2D eigenvalue weighted by atomic mass is 10.1. The summed E-state index contributed by atoms with van der Waals surface area (Å²) in [6, 6.07) is 11.5. The molecule has 4 rings (SSSR count). The summed E-state index contributed by atoms with van der Waals surface area (Å²) in [6.07, 6.45) is 5.01. The Hall–Kier alpha value is -3.15. The van der Waals surface area contributed by atoms with Crippen LogP contribution in [0.15, 0.2) is 48.8 Å². The number of hydrogen-bond acceptors (Lipinski definition) is 4. The molecule has 0 bridgehead atoms. The Labute approximate surface area is 150 Å². The molecule has 1 saturated carbocycles. The van der Waals surface area contributed by atoms with E-state index in [2.05, 4.69) is 10.3 Å². The number of aryl methyl sites for hydroxylation is 1. The zero-order valence-corrected chi connectivity index (χ0v) is 14.7. The lowest BCUT2D eigenvalue weighted by Gasteiger charge is -2.13. The molecule has 6 heteroatoms. The van der Waals surface area contributed by atoms with Gasteiger partial charge in [0.15, 0.2) is 0 Å². The summed E-state index contributed by atoms with van der Waals surface area (Å²) < 4.78 is 6.73. The van der Waals surface area contributed by atoms with Crippen LogP contribution in [0.25, 0.3) is 16.9 Å². The molecule has 0 radical (unpaired) electrons. The van der Waals surface area contributed by atoms with Crippen LogP contribution >= 0.6 is 0 Å². The third-order valence-corrected chi connectivity index (χ3v) is 4.88. The molecule has 2 aromatic heterocycles. The summed E-state index contributed by atoms with van der Waals surface area (Å²) in [5.74, 6) is -0.771. The van der Waals surface area contributed by atoms with Gasteiger partial charge in [0.25, 0.3) is 0 Å². The third-order valence-electron chi connectivity index (χ3n) is 4.88. The number of esters is 1. The lowest BCUT2D eigenvalue weighted by Crippen LogP contribution is -2.32. The van der Waals surface area contributed by atoms with Crippen molar-refractivity contribution in [1.82, 2.24) is 9.38 Å². The molecule has 1 fully saturated rings. The molecule has 0 spiro atoms. The van der Waals surface area contributed by atoms with Crippen molar-refractivity contribution in [2.75, 3.05) is 12.4 Å². The largest absolute Gasteiger partial charge is 0.468 e. The first-order valence-corrected chi connectivity index (χ1v) is 8.48. The van der Waals surface area contributed by atoms with E-state index in [1.54, 1.807) is 0 Å². The van der Waals surface area contributed by atoms with Crippen LogP contribution in [0.2, 0.25) is 0 Å². The van der Waals surface area contributed by atoms with Crippen molar-refractivity contribution in [3.8, 4) is 11.3 Å². The number of nitrogens with zero attached hydrogens (tertiary/aromatic N) is 2. The second-order valence-corrected chi connectivity index (χ2v) is 6.65. The van der Waals surface area contributed by atoms with E-state index in [1.807, 2.05) is 60.1 Å². The van der Waals surface area contributed by atoms with Crippen molar-refractivity contribution in [3.63, 3.8) is 0 Å². The topological polar surface area (TPSA) is 72.7 Å². The summed E-state index contributed by atoms with van der Waals surface area (Å²) >= 11 is 0. The number of carbonyl (C=O) groups is 2. The number of imidazole rings is 1. The molecule has 1 N–H and O–H groups in total. The summed E-state index contributed by atoms with van der Waals surface area (Å²) in [5, 5.41) is 2.81. The van der Waals surface area contributed by atoms with E-state index in [4.69, 9.17) is 4.74 Å². The van der Waals surface area contributed by atoms with Crippen LogP contribution in [0.4, 0.5) is 5.69 Å². The highest BCUT2D eigenvalue weighted by molar-refractivity contribution is 6.11. The van der Waals surface area contributed by atoms with Crippen LogP contribution < -0.4 is 5.32 Å². The standard InChI is InChI=1S/C20H19N3O3/c1-13-4-3-11-23-12-16(22-17(13)23)14-5-7-15(8-6-14)21-18(24)20(9-10-20)19(25)26-2/h3-8,11-12H,9-10H2,1-2H3,(H,21,24). The minimum Gasteiger partial charge on any atom is -0.468 e. The first-order valence-electron chi connectivity index (χ1n) is 8.48. The van der Waals surface area contributed by atoms with Gasteiger partial charge in [-0.1, -0.05) is 18.2 Å². The van der Waals surface area contributed by atoms with Gasteiger partial charge in [0.1, 0.15) is 11.1 Å². The number of pyridine rings is 1. The highest BCUT2D eigenvalue weighted by atomic mass is 16.5. The van der Waals surface area contributed by atoms with Crippen LogP contribution in [0, 0.1) is 12.3 Å². The van der Waals surface area contributed by atoms with Crippen molar-refractivity contribution in [1.29, 1.82) is 0 Å². The van der Waals surface area contributed by atoms with Gasteiger partial charge in [-0.15, -0.1) is 0 Å². The summed E-state index contributed by atoms with van der Waals surface area (Å²) in [4.78, 5) is 28.8. The van der Waals surface area contributed by atoms with Crippen molar-refractivity contribution >= 4 is 23.2 Å². The number of benzene rings is 1. The monoisotopic (exact) mass is 349 g/mol. The van der Waals surface area contributed by atoms with Crippen LogP contribution in [0.3, 0.4) is 0 Å². The van der Waals surface area contributed by atoms with Gasteiger partial charge in [0, 0.05) is 23.6 Å². The zero-order valence-electron chi connectivity index (χ0n) is 14.7. The van der Waals surface area contributed by atoms with E-state index in [9.17, 15) is 9.59 Å². The van der Waals surface area contributed by atoms with E-state index < -0.39 is 11.4 Å². The first kappa shape index (κ1) is 16.3. The Morgan fingerprint density at radius 2 is 1.92 bits per heavy atom. The average Bonchev–Trinajstić information content (AvgIpc) is 3.35. The Morgan fingerprint density at radius 3 is 2.54 bits per heavy atom. The second kappa shape index (κ2) is 5.98. The fraction of sp³-hybridized carbons (Fsp3) is 0.250. The van der Waals surface area contributed by atoms with Crippen LogP contribution in [-0.2, 0) is 14.3 Å². The molecule has 1 aliphatic carbocycles. The molecule has 1 amide bonds. The van der Waals surface area contributed by atoms with Gasteiger partial charge in [-0.25, -0.2) is 4.98 Å². The lowest BCUT2D eigenvalue weighted by molar-refractivity contribution is -0.150. The van der Waals surface area contributed by atoms with Crippen molar-refractivity contribution in [2.24, 2.45) is 5.41 Å². The maximum atomic E-state index is 12.4. The normalized spacial score (nSPS) is 14.8. The predicted octanol–water partition coefficient (Wildman–Crippen LogP) is 3.20. The van der Waals surface area contributed by atoms with Crippen LogP contribution in [0.1, 0.15) is 18.4 Å². The van der Waals surface area contributed by atoms with Gasteiger partial charge in [0.2, 0.25) is 5.91 Å².